The first kappa shape index (κ1) is 11.1. The summed E-state index contributed by atoms with van der Waals surface area (Å²) < 4.78 is 0. The van der Waals surface area contributed by atoms with Crippen LogP contribution in [0.5, 0.6) is 0 Å². The first-order chi connectivity index (χ1) is 7.65. The summed E-state index contributed by atoms with van der Waals surface area (Å²) in [5, 5.41) is 21.1. The molecule has 86 valence electrons. The minimum Gasteiger partial charge on any atom is -0.478 e. The Labute approximate surface area is 93.9 Å². The number of hydrogen-bond acceptors (Lipinski definition) is 3. The Morgan fingerprint density at radius 2 is 1.94 bits per heavy atom. The third-order valence-corrected chi connectivity index (χ3v) is 2.91. The van der Waals surface area contributed by atoms with Gasteiger partial charge in [0.15, 0.2) is 0 Å². The van der Waals surface area contributed by atoms with Crippen LogP contribution >= 0.6 is 0 Å². The molecule has 0 bridgehead atoms. The lowest BCUT2D eigenvalue weighted by atomic mass is 9.89. The second kappa shape index (κ2) is 4.63. The molecule has 0 saturated heterocycles. The number of carbonyl (C=O) groups is 1. The Morgan fingerprint density at radius 3 is 2.44 bits per heavy atom. The maximum atomic E-state index is 10.6. The molecule has 0 amide bonds. The van der Waals surface area contributed by atoms with E-state index in [1.807, 2.05) is 12.1 Å². The Hall–Kier alpha value is -1.39. The second-order valence-corrected chi connectivity index (χ2v) is 4.21. The van der Waals surface area contributed by atoms with Gasteiger partial charge in [-0.1, -0.05) is 12.1 Å². The molecule has 2 rings (SSSR count). The van der Waals surface area contributed by atoms with E-state index in [1.165, 1.54) is 0 Å². The van der Waals surface area contributed by atoms with E-state index >= 15 is 0 Å². The summed E-state index contributed by atoms with van der Waals surface area (Å²) in [4.78, 5) is 10.6. The van der Waals surface area contributed by atoms with Crippen molar-refractivity contribution in [3.63, 3.8) is 0 Å². The van der Waals surface area contributed by atoms with Gasteiger partial charge in [0, 0.05) is 12.6 Å². The summed E-state index contributed by atoms with van der Waals surface area (Å²) >= 11 is 0. The standard InChI is InChI=1S/C12H15NO3/c14-11-5-10(6-11)13-7-8-1-3-9(4-2-8)12(15)16/h1-4,10-11,13-14H,5-7H2,(H,15,16). The van der Waals surface area contributed by atoms with Gasteiger partial charge in [0.05, 0.1) is 11.7 Å². The number of aromatic carboxylic acids is 1. The first-order valence-corrected chi connectivity index (χ1v) is 5.39. The summed E-state index contributed by atoms with van der Waals surface area (Å²) in [6, 6.07) is 7.23. The van der Waals surface area contributed by atoms with Crippen molar-refractivity contribution in [2.24, 2.45) is 0 Å². The van der Waals surface area contributed by atoms with Gasteiger partial charge < -0.3 is 15.5 Å². The van der Waals surface area contributed by atoms with Crippen LogP contribution in [0.1, 0.15) is 28.8 Å². The second-order valence-electron chi connectivity index (χ2n) is 4.21. The van der Waals surface area contributed by atoms with Crippen molar-refractivity contribution in [1.29, 1.82) is 0 Å². The number of rotatable bonds is 4. The largest absolute Gasteiger partial charge is 0.478 e. The van der Waals surface area contributed by atoms with Gasteiger partial charge in [-0.3, -0.25) is 0 Å². The number of hydrogen-bond donors (Lipinski definition) is 3. The molecule has 0 unspecified atom stereocenters. The molecule has 0 aromatic heterocycles. The zero-order chi connectivity index (χ0) is 11.5. The summed E-state index contributed by atoms with van der Waals surface area (Å²) in [5.41, 5.74) is 1.37. The normalized spacial score (nSPS) is 23.8. The van der Waals surface area contributed by atoms with Crippen LogP contribution in [0, 0.1) is 0 Å². The maximum absolute atomic E-state index is 10.6. The Kier molecular flexibility index (Phi) is 3.22. The first-order valence-electron chi connectivity index (χ1n) is 5.39. The van der Waals surface area contributed by atoms with Crippen molar-refractivity contribution >= 4 is 5.97 Å². The maximum Gasteiger partial charge on any atom is 0.335 e. The third kappa shape index (κ3) is 2.59. The minimum absolute atomic E-state index is 0.146. The highest BCUT2D eigenvalue weighted by atomic mass is 16.4. The predicted octanol–water partition coefficient (Wildman–Crippen LogP) is 0.998. The quantitative estimate of drug-likeness (QED) is 0.709. The molecule has 1 fully saturated rings. The summed E-state index contributed by atoms with van der Waals surface area (Å²) in [6.45, 7) is 0.720. The molecule has 1 saturated carbocycles. The number of carboxylic acid groups (broad SMARTS) is 1. The Morgan fingerprint density at radius 1 is 1.31 bits per heavy atom. The zero-order valence-electron chi connectivity index (χ0n) is 8.89. The van der Waals surface area contributed by atoms with Gasteiger partial charge in [0.2, 0.25) is 0 Å². The van der Waals surface area contributed by atoms with E-state index in [0.717, 1.165) is 24.9 Å². The Bertz CT molecular complexity index is 368. The molecule has 1 aromatic carbocycles. The fraction of sp³-hybridized carbons (Fsp3) is 0.417. The Balaban J connectivity index is 1.83. The van der Waals surface area contributed by atoms with Crippen molar-refractivity contribution in [3.05, 3.63) is 35.4 Å². The van der Waals surface area contributed by atoms with Crippen LogP contribution < -0.4 is 5.32 Å². The third-order valence-electron chi connectivity index (χ3n) is 2.91. The fourth-order valence-electron chi connectivity index (χ4n) is 1.78. The van der Waals surface area contributed by atoms with Gasteiger partial charge in [-0.15, -0.1) is 0 Å². The lowest BCUT2D eigenvalue weighted by molar-refractivity contribution is 0.0618. The molecular formula is C12H15NO3. The van der Waals surface area contributed by atoms with Crippen LogP contribution in [-0.4, -0.2) is 28.3 Å². The van der Waals surface area contributed by atoms with Crippen LogP contribution in [0.25, 0.3) is 0 Å². The highest BCUT2D eigenvalue weighted by Crippen LogP contribution is 2.19. The zero-order valence-corrected chi connectivity index (χ0v) is 8.89. The number of carboxylic acids is 1. The number of nitrogens with one attached hydrogen (secondary N) is 1. The molecule has 0 radical (unpaired) electrons. The van der Waals surface area contributed by atoms with Crippen molar-refractivity contribution in [2.45, 2.75) is 31.5 Å². The van der Waals surface area contributed by atoms with Crippen LogP contribution in [0.3, 0.4) is 0 Å². The highest BCUT2D eigenvalue weighted by molar-refractivity contribution is 5.87. The molecule has 0 heterocycles. The molecule has 1 aliphatic rings. The van der Waals surface area contributed by atoms with E-state index in [2.05, 4.69) is 5.32 Å². The molecule has 0 atom stereocenters. The van der Waals surface area contributed by atoms with Crippen LogP contribution in [0.15, 0.2) is 24.3 Å². The summed E-state index contributed by atoms with van der Waals surface area (Å²) in [7, 11) is 0. The topological polar surface area (TPSA) is 69.6 Å². The summed E-state index contributed by atoms with van der Waals surface area (Å²) in [6.07, 6.45) is 1.48. The lowest BCUT2D eigenvalue weighted by Crippen LogP contribution is -2.43. The SMILES string of the molecule is O=C(O)c1ccc(CNC2CC(O)C2)cc1. The molecule has 0 aliphatic heterocycles. The van der Waals surface area contributed by atoms with Gasteiger partial charge in [-0.05, 0) is 30.5 Å². The van der Waals surface area contributed by atoms with Crippen molar-refractivity contribution < 1.29 is 15.0 Å². The van der Waals surface area contributed by atoms with Gasteiger partial charge >= 0.3 is 5.97 Å². The number of aliphatic hydroxyl groups is 1. The van der Waals surface area contributed by atoms with Crippen molar-refractivity contribution in [2.75, 3.05) is 0 Å². The van der Waals surface area contributed by atoms with E-state index in [-0.39, 0.29) is 6.10 Å². The van der Waals surface area contributed by atoms with Crippen molar-refractivity contribution in [1.82, 2.24) is 5.32 Å². The number of aliphatic hydroxyl groups excluding tert-OH is 1. The van der Waals surface area contributed by atoms with Crippen LogP contribution in [0.2, 0.25) is 0 Å². The summed E-state index contributed by atoms with van der Waals surface area (Å²) in [5.74, 6) is -0.901. The van der Waals surface area contributed by atoms with E-state index < -0.39 is 5.97 Å². The minimum atomic E-state index is -0.901. The van der Waals surface area contributed by atoms with E-state index in [1.54, 1.807) is 12.1 Å². The van der Waals surface area contributed by atoms with E-state index in [9.17, 15) is 4.79 Å². The van der Waals surface area contributed by atoms with E-state index in [0.29, 0.717) is 11.6 Å². The van der Waals surface area contributed by atoms with Gasteiger partial charge in [0.25, 0.3) is 0 Å². The van der Waals surface area contributed by atoms with Crippen LogP contribution in [-0.2, 0) is 6.54 Å². The average molecular weight is 221 g/mol. The predicted molar refractivity (Wildman–Crippen MR) is 59.3 cm³/mol. The molecule has 1 aromatic rings. The number of benzene rings is 1. The molecule has 0 spiro atoms. The average Bonchev–Trinajstić information content (AvgIpc) is 2.23. The monoisotopic (exact) mass is 221 g/mol. The molecule has 4 heteroatoms. The molecule has 4 nitrogen and oxygen atoms in total. The van der Waals surface area contributed by atoms with Gasteiger partial charge in [-0.2, -0.15) is 0 Å². The lowest BCUT2D eigenvalue weighted by Gasteiger charge is -2.32. The molecule has 3 N–H and O–H groups in total. The van der Waals surface area contributed by atoms with Gasteiger partial charge in [0.1, 0.15) is 0 Å². The molecule has 1 aliphatic carbocycles. The van der Waals surface area contributed by atoms with Crippen molar-refractivity contribution in [3.8, 4) is 0 Å². The van der Waals surface area contributed by atoms with Crippen LogP contribution in [0.4, 0.5) is 0 Å². The highest BCUT2D eigenvalue weighted by Gasteiger charge is 2.26. The fourth-order valence-corrected chi connectivity index (χ4v) is 1.78. The molecular weight excluding hydrogens is 206 g/mol. The molecule has 16 heavy (non-hydrogen) atoms. The van der Waals surface area contributed by atoms with E-state index in [4.69, 9.17) is 10.2 Å². The van der Waals surface area contributed by atoms with Gasteiger partial charge in [-0.25, -0.2) is 4.79 Å². The smallest absolute Gasteiger partial charge is 0.335 e.